The lowest BCUT2D eigenvalue weighted by atomic mass is 9.92. The Morgan fingerprint density at radius 3 is 1.25 bits per heavy atom. The summed E-state index contributed by atoms with van der Waals surface area (Å²) < 4.78 is 0. The Balaban J connectivity index is 1.43. The van der Waals surface area contributed by atoms with E-state index in [4.69, 9.17) is 0 Å². The molecule has 92 valence electrons. The highest BCUT2D eigenvalue weighted by Gasteiger charge is 2.35. The van der Waals surface area contributed by atoms with E-state index in [0.29, 0.717) is 0 Å². The zero-order chi connectivity index (χ0) is 10.8. The van der Waals surface area contributed by atoms with Crippen molar-refractivity contribution in [1.82, 2.24) is 9.80 Å². The molecule has 0 aromatic carbocycles. The average Bonchev–Trinajstić information content (AvgIpc) is 2.30. The molecule has 2 saturated carbocycles. The van der Waals surface area contributed by atoms with Crippen molar-refractivity contribution in [2.24, 2.45) is 0 Å². The molecular weight excluding hydrogens is 196 g/mol. The minimum atomic E-state index is 0.939. The smallest absolute Gasteiger partial charge is 0.0535 e. The second-order valence-corrected chi connectivity index (χ2v) is 6.04. The third-order valence-electron chi connectivity index (χ3n) is 4.91. The summed E-state index contributed by atoms with van der Waals surface area (Å²) in [7, 11) is 0. The molecule has 2 nitrogen and oxygen atoms in total. The van der Waals surface area contributed by atoms with Crippen molar-refractivity contribution in [3.05, 3.63) is 0 Å². The highest BCUT2D eigenvalue weighted by molar-refractivity contribution is 4.86. The van der Waals surface area contributed by atoms with Crippen LogP contribution in [-0.4, -0.2) is 35.2 Å². The first kappa shape index (κ1) is 11.0. The lowest BCUT2D eigenvalue weighted by Crippen LogP contribution is -2.62. The van der Waals surface area contributed by atoms with E-state index in [1.165, 1.54) is 77.5 Å². The van der Waals surface area contributed by atoms with Crippen molar-refractivity contribution in [2.75, 3.05) is 13.3 Å². The maximum Gasteiger partial charge on any atom is 0.0535 e. The number of rotatable bonds is 2. The normalized spacial score (nSPS) is 31.5. The fourth-order valence-electron chi connectivity index (χ4n) is 3.78. The second-order valence-electron chi connectivity index (χ2n) is 6.04. The Hall–Kier alpha value is -0.0800. The van der Waals surface area contributed by atoms with Gasteiger partial charge in [0.2, 0.25) is 0 Å². The maximum atomic E-state index is 2.73. The molecule has 2 heteroatoms. The highest BCUT2D eigenvalue weighted by atomic mass is 15.5. The molecule has 3 fully saturated rings. The molecule has 1 aliphatic heterocycles. The van der Waals surface area contributed by atoms with Gasteiger partial charge in [-0.1, -0.05) is 38.5 Å². The Labute approximate surface area is 100.0 Å². The zero-order valence-corrected chi connectivity index (χ0v) is 10.5. The molecule has 3 rings (SSSR count). The first-order valence-electron chi connectivity index (χ1n) is 7.41. The van der Waals surface area contributed by atoms with Gasteiger partial charge in [-0.2, -0.15) is 0 Å². The van der Waals surface area contributed by atoms with E-state index in [2.05, 4.69) is 9.80 Å². The summed E-state index contributed by atoms with van der Waals surface area (Å²) >= 11 is 0. The van der Waals surface area contributed by atoms with Crippen molar-refractivity contribution in [3.63, 3.8) is 0 Å². The zero-order valence-electron chi connectivity index (χ0n) is 10.5. The van der Waals surface area contributed by atoms with Gasteiger partial charge in [-0.25, -0.2) is 0 Å². The Bertz CT molecular complexity index is 189. The summed E-state index contributed by atoms with van der Waals surface area (Å²) in [6, 6.07) is 1.88. The Morgan fingerprint density at radius 1 is 0.500 bits per heavy atom. The van der Waals surface area contributed by atoms with Crippen LogP contribution in [0.2, 0.25) is 0 Å². The molecule has 0 amide bonds. The van der Waals surface area contributed by atoms with E-state index in [0.717, 1.165) is 12.1 Å². The van der Waals surface area contributed by atoms with Gasteiger partial charge < -0.3 is 0 Å². The van der Waals surface area contributed by atoms with Crippen LogP contribution in [-0.2, 0) is 0 Å². The predicted octanol–water partition coefficient (Wildman–Crippen LogP) is 3.18. The van der Waals surface area contributed by atoms with Gasteiger partial charge in [0.15, 0.2) is 0 Å². The molecule has 1 saturated heterocycles. The van der Waals surface area contributed by atoms with Crippen molar-refractivity contribution in [1.29, 1.82) is 0 Å². The van der Waals surface area contributed by atoms with Crippen LogP contribution in [0.4, 0.5) is 0 Å². The van der Waals surface area contributed by atoms with Crippen LogP contribution < -0.4 is 0 Å². The van der Waals surface area contributed by atoms with E-state index in [1.807, 2.05) is 0 Å². The molecule has 3 aliphatic rings. The lowest BCUT2D eigenvalue weighted by Gasteiger charge is -2.51. The van der Waals surface area contributed by atoms with Crippen LogP contribution in [0.3, 0.4) is 0 Å². The van der Waals surface area contributed by atoms with E-state index in [-0.39, 0.29) is 0 Å². The van der Waals surface area contributed by atoms with E-state index >= 15 is 0 Å². The fraction of sp³-hybridized carbons (Fsp3) is 1.00. The van der Waals surface area contributed by atoms with Gasteiger partial charge in [0, 0.05) is 12.1 Å². The summed E-state index contributed by atoms with van der Waals surface area (Å²) in [5.41, 5.74) is 0. The summed E-state index contributed by atoms with van der Waals surface area (Å²) in [6.07, 6.45) is 14.8. The van der Waals surface area contributed by atoms with E-state index in [1.54, 1.807) is 0 Å². The van der Waals surface area contributed by atoms with Gasteiger partial charge in [0.25, 0.3) is 0 Å². The van der Waals surface area contributed by atoms with Crippen LogP contribution in [0.5, 0.6) is 0 Å². The fourth-order valence-corrected chi connectivity index (χ4v) is 3.78. The maximum absolute atomic E-state index is 2.73. The molecule has 0 atom stereocenters. The summed E-state index contributed by atoms with van der Waals surface area (Å²) in [5, 5.41) is 0. The molecule has 0 unspecified atom stereocenters. The number of nitrogens with zero attached hydrogens (tertiary/aromatic N) is 2. The number of hydrogen-bond donors (Lipinski definition) is 0. The topological polar surface area (TPSA) is 6.48 Å². The predicted molar refractivity (Wildman–Crippen MR) is 67.2 cm³/mol. The molecule has 1 heterocycles. The Kier molecular flexibility index (Phi) is 3.49. The van der Waals surface area contributed by atoms with Crippen LogP contribution >= 0.6 is 0 Å². The molecule has 0 N–H and O–H groups in total. The molecular formula is C14H26N2. The van der Waals surface area contributed by atoms with Gasteiger partial charge >= 0.3 is 0 Å². The van der Waals surface area contributed by atoms with Gasteiger partial charge in [0.1, 0.15) is 0 Å². The van der Waals surface area contributed by atoms with Crippen molar-refractivity contribution in [2.45, 2.75) is 76.3 Å². The summed E-state index contributed by atoms with van der Waals surface area (Å²) in [5.74, 6) is 0. The molecule has 2 aliphatic carbocycles. The first-order chi connectivity index (χ1) is 7.93. The molecule has 0 aromatic rings. The van der Waals surface area contributed by atoms with Gasteiger partial charge in [-0.3, -0.25) is 9.80 Å². The average molecular weight is 222 g/mol. The third kappa shape index (κ3) is 2.28. The monoisotopic (exact) mass is 222 g/mol. The lowest BCUT2D eigenvalue weighted by molar-refractivity contribution is -0.0991. The highest BCUT2D eigenvalue weighted by Crippen LogP contribution is 2.30. The quantitative estimate of drug-likeness (QED) is 0.708. The minimum absolute atomic E-state index is 0.939. The van der Waals surface area contributed by atoms with Crippen LogP contribution in [0.25, 0.3) is 0 Å². The molecule has 0 spiro atoms. The molecule has 0 radical (unpaired) electrons. The Morgan fingerprint density at radius 2 is 0.875 bits per heavy atom. The van der Waals surface area contributed by atoms with Gasteiger partial charge in [0.05, 0.1) is 13.3 Å². The third-order valence-corrected chi connectivity index (χ3v) is 4.91. The second kappa shape index (κ2) is 5.05. The van der Waals surface area contributed by atoms with E-state index < -0.39 is 0 Å². The molecule has 16 heavy (non-hydrogen) atoms. The standard InChI is InChI=1S/C14H26N2/c1-3-7-13(8-4-1)15-11-16(12-15)14-9-5-2-6-10-14/h13-14H,1-12H2. The number of hydrogen-bond acceptors (Lipinski definition) is 2. The first-order valence-corrected chi connectivity index (χ1v) is 7.41. The van der Waals surface area contributed by atoms with Crippen LogP contribution in [0.1, 0.15) is 64.2 Å². The molecule has 0 bridgehead atoms. The van der Waals surface area contributed by atoms with Crippen molar-refractivity contribution >= 4 is 0 Å². The summed E-state index contributed by atoms with van der Waals surface area (Å²) in [6.45, 7) is 2.57. The minimum Gasteiger partial charge on any atom is -0.274 e. The van der Waals surface area contributed by atoms with E-state index in [9.17, 15) is 0 Å². The molecule has 0 aromatic heterocycles. The van der Waals surface area contributed by atoms with Crippen molar-refractivity contribution in [3.8, 4) is 0 Å². The van der Waals surface area contributed by atoms with Crippen LogP contribution in [0, 0.1) is 0 Å². The summed E-state index contributed by atoms with van der Waals surface area (Å²) in [4.78, 5) is 5.46. The van der Waals surface area contributed by atoms with Gasteiger partial charge in [-0.05, 0) is 25.7 Å². The largest absolute Gasteiger partial charge is 0.274 e. The van der Waals surface area contributed by atoms with Gasteiger partial charge in [-0.15, -0.1) is 0 Å². The van der Waals surface area contributed by atoms with Crippen molar-refractivity contribution < 1.29 is 0 Å². The SMILES string of the molecule is C1CCC(N2CN(C3CCCCC3)C2)CC1. The van der Waals surface area contributed by atoms with Crippen LogP contribution in [0.15, 0.2) is 0 Å².